The average Bonchev–Trinajstić information content (AvgIpc) is 3.09. The molecule has 51 heavy (non-hydrogen) atoms. The molecule has 11 nitrogen and oxygen atoms in total. The fourth-order valence-electron chi connectivity index (χ4n) is 3.66. The number of rotatable bonds is 26. The standard InChI is InChI=1S/C16H30O2.C11H20O2.C9H12O5.C4H6O2/c1-4-5-6-7-8-9-10-11-12-13-14-18-16(17)15(2)3;1-4-7-8-10(5-2)9-13-11(12)6-3;1-7(3-2-4-8(11)12)9(13)14-6-5-10;1-3(2)4(5)6/h2,4-14H2,1,3H3;6,10H,3-5,7-9H2,1-2H3;2,4,10H,1,3,5-6H2,(H,11,12);1H2,2H3,(H,5,6). The Labute approximate surface area is 307 Å². The largest absolute Gasteiger partial charge is 0.478 e. The van der Waals surface area contributed by atoms with Crippen molar-refractivity contribution in [3.8, 4) is 0 Å². The zero-order chi connectivity index (χ0) is 39.9. The van der Waals surface area contributed by atoms with Crippen molar-refractivity contribution >= 4 is 29.8 Å². The van der Waals surface area contributed by atoms with Crippen LogP contribution in [0.5, 0.6) is 0 Å². The first kappa shape index (κ1) is 53.8. The van der Waals surface area contributed by atoms with E-state index in [9.17, 15) is 24.0 Å². The Morgan fingerprint density at radius 2 is 1.18 bits per heavy atom. The molecule has 0 fully saturated rings. The van der Waals surface area contributed by atoms with E-state index in [1.807, 2.05) is 0 Å². The minimum atomic E-state index is -1.08. The van der Waals surface area contributed by atoms with Crippen LogP contribution in [0.3, 0.4) is 0 Å². The van der Waals surface area contributed by atoms with Crippen molar-refractivity contribution in [3.05, 3.63) is 61.3 Å². The maximum atomic E-state index is 11.1. The van der Waals surface area contributed by atoms with Gasteiger partial charge in [-0.05, 0) is 39.0 Å². The molecule has 0 aliphatic carbocycles. The van der Waals surface area contributed by atoms with Gasteiger partial charge in [-0.15, -0.1) is 0 Å². The molecule has 0 aliphatic rings. The second-order valence-electron chi connectivity index (χ2n) is 11.8. The van der Waals surface area contributed by atoms with Gasteiger partial charge in [0.15, 0.2) is 0 Å². The van der Waals surface area contributed by atoms with Gasteiger partial charge in [-0.1, -0.05) is 130 Å². The Balaban J connectivity index is -0.000000304. The van der Waals surface area contributed by atoms with Crippen molar-refractivity contribution in [1.82, 2.24) is 0 Å². The van der Waals surface area contributed by atoms with E-state index in [1.54, 1.807) is 6.92 Å². The topological polar surface area (TPSA) is 174 Å². The summed E-state index contributed by atoms with van der Waals surface area (Å²) < 4.78 is 14.6. The molecule has 0 saturated carbocycles. The highest BCUT2D eigenvalue weighted by Crippen LogP contribution is 2.13. The fraction of sp³-hybridized carbons (Fsp3) is 0.625. The third-order valence-electron chi connectivity index (χ3n) is 6.85. The lowest BCUT2D eigenvalue weighted by Gasteiger charge is -2.13. The summed E-state index contributed by atoms with van der Waals surface area (Å²) in [6.07, 6.45) is 21.1. The quantitative estimate of drug-likeness (QED) is 0.0337. The normalized spacial score (nSPS) is 10.4. The van der Waals surface area contributed by atoms with E-state index >= 15 is 0 Å². The van der Waals surface area contributed by atoms with E-state index in [4.69, 9.17) is 24.8 Å². The molecule has 3 N–H and O–H groups in total. The minimum absolute atomic E-state index is 0.0828. The molecule has 1 atom stereocenters. The smallest absolute Gasteiger partial charge is 0.333 e. The van der Waals surface area contributed by atoms with Gasteiger partial charge in [0.1, 0.15) is 6.61 Å². The number of ether oxygens (including phenoxy) is 3. The number of carbonyl (C=O) groups is 5. The first-order valence-corrected chi connectivity index (χ1v) is 18.0. The predicted molar refractivity (Wildman–Crippen MR) is 203 cm³/mol. The number of carboxylic acid groups (broad SMARTS) is 2. The summed E-state index contributed by atoms with van der Waals surface area (Å²) in [5, 5.41) is 24.5. The third-order valence-corrected chi connectivity index (χ3v) is 6.85. The monoisotopic (exact) mass is 724 g/mol. The molecule has 0 bridgehead atoms. The molecule has 0 aliphatic heterocycles. The van der Waals surface area contributed by atoms with E-state index in [-0.39, 0.29) is 42.7 Å². The van der Waals surface area contributed by atoms with Crippen molar-refractivity contribution < 1.29 is 53.5 Å². The van der Waals surface area contributed by atoms with Crippen molar-refractivity contribution in [1.29, 1.82) is 0 Å². The van der Waals surface area contributed by atoms with Crippen LogP contribution in [0.2, 0.25) is 0 Å². The average molecular weight is 725 g/mol. The van der Waals surface area contributed by atoms with Gasteiger partial charge in [-0.3, -0.25) is 0 Å². The van der Waals surface area contributed by atoms with E-state index in [0.29, 0.717) is 24.7 Å². The molecule has 0 heterocycles. The van der Waals surface area contributed by atoms with E-state index in [1.165, 1.54) is 89.7 Å². The van der Waals surface area contributed by atoms with E-state index in [0.717, 1.165) is 25.3 Å². The van der Waals surface area contributed by atoms with Gasteiger partial charge < -0.3 is 29.5 Å². The number of hydrogen-bond donors (Lipinski definition) is 3. The van der Waals surface area contributed by atoms with Crippen LogP contribution in [0, 0.1) is 5.92 Å². The Bertz CT molecular complexity index is 1020. The summed E-state index contributed by atoms with van der Waals surface area (Å²) in [5.74, 6) is -2.70. The lowest BCUT2D eigenvalue weighted by atomic mass is 10.0. The molecule has 294 valence electrons. The highest BCUT2D eigenvalue weighted by molar-refractivity contribution is 5.88. The zero-order valence-corrected chi connectivity index (χ0v) is 32.2. The third kappa shape index (κ3) is 46.0. The van der Waals surface area contributed by atoms with Gasteiger partial charge in [-0.2, -0.15) is 0 Å². The second kappa shape index (κ2) is 40.4. The van der Waals surface area contributed by atoms with Crippen LogP contribution < -0.4 is 0 Å². The van der Waals surface area contributed by atoms with Gasteiger partial charge in [0.2, 0.25) is 0 Å². The van der Waals surface area contributed by atoms with Crippen LogP contribution in [0.4, 0.5) is 0 Å². The molecule has 0 amide bonds. The number of carbonyl (C=O) groups excluding carboxylic acids is 3. The number of carboxylic acids is 2. The second-order valence-corrected chi connectivity index (χ2v) is 11.8. The maximum absolute atomic E-state index is 11.1. The molecule has 0 aromatic rings. The first-order valence-electron chi connectivity index (χ1n) is 18.0. The van der Waals surface area contributed by atoms with Crippen LogP contribution in [0.25, 0.3) is 0 Å². The summed E-state index contributed by atoms with van der Waals surface area (Å²) in [7, 11) is 0. The molecule has 0 aromatic carbocycles. The Hall–Kier alpha value is -3.99. The summed E-state index contributed by atoms with van der Waals surface area (Å²) in [6.45, 7) is 23.9. The maximum Gasteiger partial charge on any atom is 0.333 e. The van der Waals surface area contributed by atoms with Gasteiger partial charge in [-0.25, -0.2) is 24.0 Å². The highest BCUT2D eigenvalue weighted by Gasteiger charge is 2.08. The molecule has 0 aromatic heterocycles. The summed E-state index contributed by atoms with van der Waals surface area (Å²) in [5.41, 5.74) is 0.813. The molecule has 0 saturated heterocycles. The van der Waals surface area contributed by atoms with Gasteiger partial charge >= 0.3 is 29.8 Å². The van der Waals surface area contributed by atoms with Crippen LogP contribution in [-0.2, 0) is 38.2 Å². The first-order chi connectivity index (χ1) is 24.1. The van der Waals surface area contributed by atoms with Crippen molar-refractivity contribution in [2.75, 3.05) is 26.4 Å². The molecule has 0 spiro atoms. The lowest BCUT2D eigenvalue weighted by molar-refractivity contribution is -0.140. The van der Waals surface area contributed by atoms with Crippen LogP contribution in [0.1, 0.15) is 131 Å². The van der Waals surface area contributed by atoms with Crippen molar-refractivity contribution in [2.45, 2.75) is 131 Å². The lowest BCUT2D eigenvalue weighted by Crippen LogP contribution is -2.12. The molecule has 0 rings (SSSR count). The molecule has 11 heteroatoms. The SMILES string of the molecule is C=C(C)C(=O)O.C=C(C)C(=O)OCCCCCCCCCCCC.C=C(CC=CC(=O)O)C(=O)OCCO.C=CC(=O)OCC(CC)CCCC. The van der Waals surface area contributed by atoms with E-state index < -0.39 is 17.9 Å². The Morgan fingerprint density at radius 1 is 0.686 bits per heavy atom. The minimum Gasteiger partial charge on any atom is -0.478 e. The number of esters is 3. The predicted octanol–water partition coefficient (Wildman–Crippen LogP) is 8.71. The van der Waals surface area contributed by atoms with Crippen molar-refractivity contribution in [3.63, 3.8) is 0 Å². The number of aliphatic carboxylic acids is 2. The van der Waals surface area contributed by atoms with Crippen LogP contribution >= 0.6 is 0 Å². The number of allylic oxidation sites excluding steroid dienone is 1. The van der Waals surface area contributed by atoms with Crippen molar-refractivity contribution in [2.24, 2.45) is 5.92 Å². The summed E-state index contributed by atoms with van der Waals surface area (Å²) >= 11 is 0. The Morgan fingerprint density at radius 3 is 1.59 bits per heavy atom. The molecular formula is C40H68O11. The molecule has 1 unspecified atom stereocenters. The van der Waals surface area contributed by atoms with Gasteiger partial charge in [0.25, 0.3) is 0 Å². The number of aliphatic hydroxyl groups is 1. The Kier molecular flexibility index (Phi) is 42.7. The summed E-state index contributed by atoms with van der Waals surface area (Å²) in [4.78, 5) is 52.5. The van der Waals surface area contributed by atoms with Gasteiger partial charge in [0, 0.05) is 28.9 Å². The number of hydrogen-bond acceptors (Lipinski definition) is 9. The van der Waals surface area contributed by atoms with Crippen LogP contribution in [-0.4, -0.2) is 71.6 Å². The van der Waals surface area contributed by atoms with Gasteiger partial charge in [0.05, 0.1) is 19.8 Å². The zero-order valence-electron chi connectivity index (χ0n) is 32.2. The van der Waals surface area contributed by atoms with E-state index in [2.05, 4.69) is 51.8 Å². The van der Waals surface area contributed by atoms with Crippen LogP contribution in [0.15, 0.2) is 61.3 Å². The fourth-order valence-corrected chi connectivity index (χ4v) is 3.66. The number of unbranched alkanes of at least 4 members (excludes halogenated alkanes) is 10. The number of aliphatic hydroxyl groups excluding tert-OH is 1. The highest BCUT2D eigenvalue weighted by atomic mass is 16.5. The summed E-state index contributed by atoms with van der Waals surface area (Å²) in [6, 6.07) is 0. The molecule has 0 radical (unpaired) electrons. The molecular weight excluding hydrogens is 656 g/mol.